The van der Waals surface area contributed by atoms with E-state index in [4.69, 9.17) is 9.47 Å². The molecule has 0 N–H and O–H groups in total. The smallest absolute Gasteiger partial charge is 0.249 e. The summed E-state index contributed by atoms with van der Waals surface area (Å²) in [5.41, 5.74) is 0. The van der Waals surface area contributed by atoms with Gasteiger partial charge in [0.1, 0.15) is 6.61 Å². The lowest BCUT2D eigenvalue weighted by atomic mass is 10.0. The zero-order valence-electron chi connectivity index (χ0n) is 15.1. The quantitative estimate of drug-likeness (QED) is 0.706. The molecule has 0 aromatic heterocycles. The van der Waals surface area contributed by atoms with Gasteiger partial charge in [0.2, 0.25) is 11.8 Å². The van der Waals surface area contributed by atoms with E-state index in [-0.39, 0.29) is 30.6 Å². The molecule has 0 aromatic rings. The Morgan fingerprint density at radius 2 is 1.76 bits per heavy atom. The Morgan fingerprint density at radius 3 is 2.44 bits per heavy atom. The van der Waals surface area contributed by atoms with Gasteiger partial charge in [0.05, 0.1) is 12.1 Å². The number of morpholine rings is 1. The van der Waals surface area contributed by atoms with E-state index >= 15 is 0 Å². The number of amides is 2. The van der Waals surface area contributed by atoms with E-state index in [1.54, 1.807) is 6.92 Å². The van der Waals surface area contributed by atoms with Crippen molar-refractivity contribution in [3.05, 3.63) is 0 Å². The molecule has 0 bridgehead atoms. The van der Waals surface area contributed by atoms with Gasteiger partial charge < -0.3 is 19.3 Å². The Morgan fingerprint density at radius 1 is 1.04 bits per heavy atom. The minimum atomic E-state index is 0.131. The van der Waals surface area contributed by atoms with Crippen LogP contribution < -0.4 is 0 Å². The molecule has 0 unspecified atom stereocenters. The van der Waals surface area contributed by atoms with Crippen LogP contribution in [0.4, 0.5) is 0 Å². The van der Waals surface area contributed by atoms with Crippen LogP contribution in [0.3, 0.4) is 0 Å². The molecule has 25 heavy (non-hydrogen) atoms. The summed E-state index contributed by atoms with van der Waals surface area (Å²) >= 11 is 0. The maximum Gasteiger partial charge on any atom is 0.249 e. The number of hydrogen-bond donors (Lipinski definition) is 0. The summed E-state index contributed by atoms with van der Waals surface area (Å²) in [6.45, 7) is 6.86. The van der Waals surface area contributed by atoms with Crippen molar-refractivity contribution in [2.24, 2.45) is 0 Å². The average molecular weight is 351 g/mol. The van der Waals surface area contributed by atoms with Crippen LogP contribution in [0, 0.1) is 0 Å². The van der Waals surface area contributed by atoms with Crippen molar-refractivity contribution in [3.8, 4) is 0 Å². The Labute approximate surface area is 149 Å². The molecular weight excluding hydrogens is 322 g/mol. The van der Waals surface area contributed by atoms with Crippen molar-refractivity contribution < 1.29 is 19.1 Å². The van der Waals surface area contributed by atoms with Gasteiger partial charge in [-0.05, 0) is 25.7 Å². The van der Waals surface area contributed by atoms with E-state index in [1.165, 1.54) is 0 Å². The predicted molar refractivity (Wildman–Crippen MR) is 91.1 cm³/mol. The lowest BCUT2D eigenvalue weighted by Gasteiger charge is -2.43. The van der Waals surface area contributed by atoms with E-state index in [0.29, 0.717) is 12.1 Å². The Hall–Kier alpha value is -1.18. The largest absolute Gasteiger partial charge is 0.381 e. The number of carbonyl (C=O) groups is 2. The molecule has 0 saturated carbocycles. The minimum Gasteiger partial charge on any atom is -0.381 e. The molecule has 2 amide bonds. The van der Waals surface area contributed by atoms with E-state index in [9.17, 15) is 9.59 Å². The highest BCUT2D eigenvalue weighted by Crippen LogP contribution is 2.31. The number of likely N-dealkylation sites (tertiary alicyclic amines) is 2. The first-order chi connectivity index (χ1) is 12.1. The second-order valence-corrected chi connectivity index (χ2v) is 7.75. The molecule has 2 atom stereocenters. The number of hydrogen-bond acceptors (Lipinski definition) is 5. The van der Waals surface area contributed by atoms with Crippen LogP contribution in [-0.2, 0) is 19.1 Å². The van der Waals surface area contributed by atoms with Crippen LogP contribution in [0.5, 0.6) is 0 Å². The van der Waals surface area contributed by atoms with Crippen molar-refractivity contribution in [3.63, 3.8) is 0 Å². The standard InChI is InChI=1S/C18H29N3O4/c1-13(22)19-6-2-14(3-7-19)20-10-16-17(11-20)25-12-18(23)21(16)15-4-8-24-9-5-15/h14-17H,2-12H2,1H3/t16-,17-/m0/s1. The first-order valence-corrected chi connectivity index (χ1v) is 9.63. The van der Waals surface area contributed by atoms with Crippen molar-refractivity contribution in [2.75, 3.05) is 46.0 Å². The van der Waals surface area contributed by atoms with Crippen LogP contribution in [0.25, 0.3) is 0 Å². The van der Waals surface area contributed by atoms with Gasteiger partial charge in [-0.3, -0.25) is 14.5 Å². The van der Waals surface area contributed by atoms with Gasteiger partial charge >= 0.3 is 0 Å². The van der Waals surface area contributed by atoms with Crippen LogP contribution in [0.2, 0.25) is 0 Å². The van der Waals surface area contributed by atoms with Gasteiger partial charge in [-0.1, -0.05) is 0 Å². The first kappa shape index (κ1) is 17.2. The third kappa shape index (κ3) is 3.41. The first-order valence-electron chi connectivity index (χ1n) is 9.63. The van der Waals surface area contributed by atoms with Gasteiger partial charge in [-0.25, -0.2) is 0 Å². The zero-order valence-corrected chi connectivity index (χ0v) is 15.1. The normalized spacial score (nSPS) is 32.9. The maximum atomic E-state index is 12.5. The van der Waals surface area contributed by atoms with E-state index in [2.05, 4.69) is 9.80 Å². The van der Waals surface area contributed by atoms with Gasteiger partial charge in [-0.2, -0.15) is 0 Å². The van der Waals surface area contributed by atoms with Gasteiger partial charge in [0.25, 0.3) is 0 Å². The molecule has 7 nitrogen and oxygen atoms in total. The van der Waals surface area contributed by atoms with Crippen molar-refractivity contribution in [1.29, 1.82) is 0 Å². The number of nitrogens with zero attached hydrogens (tertiary/aromatic N) is 3. The zero-order chi connectivity index (χ0) is 17.4. The van der Waals surface area contributed by atoms with Crippen molar-refractivity contribution in [1.82, 2.24) is 14.7 Å². The second kappa shape index (κ2) is 7.21. The summed E-state index contributed by atoms with van der Waals surface area (Å²) in [5.74, 6) is 0.314. The molecule has 4 aliphatic heterocycles. The lowest BCUT2D eigenvalue weighted by Crippen LogP contribution is -2.59. The molecule has 140 valence electrons. The van der Waals surface area contributed by atoms with Gasteiger partial charge in [0.15, 0.2) is 0 Å². The molecule has 7 heteroatoms. The summed E-state index contributed by atoms with van der Waals surface area (Å²) in [6.07, 6.45) is 4.04. The fourth-order valence-corrected chi connectivity index (χ4v) is 4.94. The monoisotopic (exact) mass is 351 g/mol. The molecule has 0 aliphatic carbocycles. The van der Waals surface area contributed by atoms with Crippen LogP contribution in [0.15, 0.2) is 0 Å². The highest BCUT2D eigenvalue weighted by atomic mass is 16.5. The van der Waals surface area contributed by atoms with Crippen molar-refractivity contribution >= 4 is 11.8 Å². The summed E-state index contributed by atoms with van der Waals surface area (Å²) < 4.78 is 11.4. The molecule has 4 aliphatic rings. The van der Waals surface area contributed by atoms with E-state index < -0.39 is 0 Å². The molecule has 4 rings (SSSR count). The molecule has 4 saturated heterocycles. The predicted octanol–water partition coefficient (Wildman–Crippen LogP) is 0.0879. The van der Waals surface area contributed by atoms with E-state index in [0.717, 1.165) is 65.1 Å². The Kier molecular flexibility index (Phi) is 4.97. The Balaban J connectivity index is 1.40. The third-order valence-corrected chi connectivity index (χ3v) is 6.34. The second-order valence-electron chi connectivity index (χ2n) is 7.75. The fraction of sp³-hybridized carbons (Fsp3) is 0.889. The van der Waals surface area contributed by atoms with Gasteiger partial charge in [0, 0.05) is 58.4 Å². The van der Waals surface area contributed by atoms with E-state index in [1.807, 2.05) is 4.90 Å². The SMILES string of the molecule is CC(=O)N1CCC(N2C[C@@H]3OCC(=O)N(C4CCOCC4)[C@H]3C2)CC1. The Bertz CT molecular complexity index is 514. The summed E-state index contributed by atoms with van der Waals surface area (Å²) in [4.78, 5) is 30.6. The number of rotatable bonds is 2. The van der Waals surface area contributed by atoms with Gasteiger partial charge in [-0.15, -0.1) is 0 Å². The highest BCUT2D eigenvalue weighted by Gasteiger charge is 2.47. The molecule has 0 aromatic carbocycles. The summed E-state index contributed by atoms with van der Waals surface area (Å²) in [5, 5.41) is 0. The average Bonchev–Trinajstić information content (AvgIpc) is 3.06. The maximum absolute atomic E-state index is 12.5. The molecule has 0 spiro atoms. The topological polar surface area (TPSA) is 62.3 Å². The van der Waals surface area contributed by atoms with Crippen LogP contribution >= 0.6 is 0 Å². The molecular formula is C18H29N3O4. The summed E-state index contributed by atoms with van der Waals surface area (Å²) in [7, 11) is 0. The highest BCUT2D eigenvalue weighted by molar-refractivity contribution is 5.79. The molecule has 0 radical (unpaired) electrons. The lowest BCUT2D eigenvalue weighted by molar-refractivity contribution is -0.159. The van der Waals surface area contributed by atoms with Crippen LogP contribution in [0.1, 0.15) is 32.6 Å². The minimum absolute atomic E-state index is 0.131. The van der Waals surface area contributed by atoms with Crippen LogP contribution in [-0.4, -0.2) is 96.7 Å². The number of ether oxygens (including phenoxy) is 2. The molecule has 4 heterocycles. The number of carbonyl (C=O) groups excluding carboxylic acids is 2. The molecule has 4 fully saturated rings. The van der Waals surface area contributed by atoms with Crippen molar-refractivity contribution in [2.45, 2.75) is 56.8 Å². The number of piperidine rings is 1. The third-order valence-electron chi connectivity index (χ3n) is 6.34. The fourth-order valence-electron chi connectivity index (χ4n) is 4.94. The summed E-state index contributed by atoms with van der Waals surface area (Å²) in [6, 6.07) is 0.976. The number of fused-ring (bicyclic) bond motifs is 1.